The van der Waals surface area contributed by atoms with E-state index in [0.717, 1.165) is 48.6 Å². The second-order valence-corrected chi connectivity index (χ2v) is 6.66. The van der Waals surface area contributed by atoms with E-state index in [1.165, 1.54) is 12.8 Å². The molecule has 1 aliphatic heterocycles. The molecule has 0 spiro atoms. The van der Waals surface area contributed by atoms with Gasteiger partial charge < -0.3 is 9.69 Å². The fourth-order valence-electron chi connectivity index (χ4n) is 3.47. The number of aldehydes is 1. The SMILES string of the molecule is Cc1nn(-c2ccc(Cl)cc2)c(C)c1C(C=O)CN1CCCC1. The number of halogens is 1. The minimum Gasteiger partial charge on any atom is -0.303 e. The highest BCUT2D eigenvalue weighted by atomic mass is 35.5. The molecule has 1 aromatic heterocycles. The summed E-state index contributed by atoms with van der Waals surface area (Å²) in [5.74, 6) is -0.117. The van der Waals surface area contributed by atoms with E-state index in [1.807, 2.05) is 42.8 Å². The van der Waals surface area contributed by atoms with E-state index in [2.05, 4.69) is 10.00 Å². The third kappa shape index (κ3) is 3.33. The van der Waals surface area contributed by atoms with E-state index in [9.17, 15) is 4.79 Å². The molecule has 1 fully saturated rings. The van der Waals surface area contributed by atoms with Crippen molar-refractivity contribution in [3.05, 3.63) is 46.2 Å². The number of carbonyl (C=O) groups excluding carboxylic acids is 1. The van der Waals surface area contributed by atoms with Crippen molar-refractivity contribution in [2.75, 3.05) is 19.6 Å². The van der Waals surface area contributed by atoms with Gasteiger partial charge in [0.15, 0.2) is 0 Å². The molecule has 0 aliphatic carbocycles. The van der Waals surface area contributed by atoms with Crippen LogP contribution < -0.4 is 0 Å². The average Bonchev–Trinajstić information content (AvgIpc) is 3.15. The van der Waals surface area contributed by atoms with Gasteiger partial charge in [0, 0.05) is 22.8 Å². The summed E-state index contributed by atoms with van der Waals surface area (Å²) < 4.78 is 1.90. The molecule has 1 saturated heterocycles. The van der Waals surface area contributed by atoms with Crippen LogP contribution in [-0.4, -0.2) is 40.6 Å². The lowest BCUT2D eigenvalue weighted by Gasteiger charge is -2.19. The first kappa shape index (κ1) is 16.2. The first-order valence-electron chi connectivity index (χ1n) is 8.10. The number of nitrogens with zero attached hydrogens (tertiary/aromatic N) is 3. The Morgan fingerprint density at radius 3 is 2.48 bits per heavy atom. The van der Waals surface area contributed by atoms with Crippen LogP contribution in [0.15, 0.2) is 24.3 Å². The number of rotatable bonds is 5. The molecule has 4 nitrogen and oxygen atoms in total. The highest BCUT2D eigenvalue weighted by molar-refractivity contribution is 6.30. The van der Waals surface area contributed by atoms with E-state index in [1.54, 1.807) is 0 Å². The highest BCUT2D eigenvalue weighted by Crippen LogP contribution is 2.26. The molecular formula is C18H22ClN3O. The lowest BCUT2D eigenvalue weighted by Crippen LogP contribution is -2.26. The van der Waals surface area contributed by atoms with E-state index >= 15 is 0 Å². The van der Waals surface area contributed by atoms with Gasteiger partial charge in [0.1, 0.15) is 6.29 Å². The van der Waals surface area contributed by atoms with Gasteiger partial charge in [-0.25, -0.2) is 4.68 Å². The van der Waals surface area contributed by atoms with Crippen molar-refractivity contribution in [3.8, 4) is 5.69 Å². The highest BCUT2D eigenvalue weighted by Gasteiger charge is 2.24. The third-order valence-corrected chi connectivity index (χ3v) is 4.86. The Labute approximate surface area is 142 Å². The molecule has 5 heteroatoms. The Morgan fingerprint density at radius 2 is 1.87 bits per heavy atom. The van der Waals surface area contributed by atoms with E-state index in [-0.39, 0.29) is 5.92 Å². The Bertz CT molecular complexity index is 687. The van der Waals surface area contributed by atoms with Crippen LogP contribution in [0.4, 0.5) is 0 Å². The van der Waals surface area contributed by atoms with Gasteiger partial charge in [-0.05, 0) is 64.0 Å². The zero-order valence-electron chi connectivity index (χ0n) is 13.6. The zero-order valence-corrected chi connectivity index (χ0v) is 14.4. The molecule has 1 aliphatic rings. The summed E-state index contributed by atoms with van der Waals surface area (Å²) in [5, 5.41) is 5.35. The van der Waals surface area contributed by atoms with Crippen molar-refractivity contribution in [3.63, 3.8) is 0 Å². The summed E-state index contributed by atoms with van der Waals surface area (Å²) in [6, 6.07) is 7.60. The fourth-order valence-corrected chi connectivity index (χ4v) is 3.60. The summed E-state index contributed by atoms with van der Waals surface area (Å²) >= 11 is 5.96. The van der Waals surface area contributed by atoms with Gasteiger partial charge in [-0.1, -0.05) is 11.6 Å². The molecule has 0 N–H and O–H groups in total. The van der Waals surface area contributed by atoms with Crippen molar-refractivity contribution < 1.29 is 4.79 Å². The topological polar surface area (TPSA) is 38.1 Å². The molecule has 122 valence electrons. The van der Waals surface area contributed by atoms with Crippen LogP contribution in [0, 0.1) is 13.8 Å². The molecule has 1 atom stereocenters. The molecule has 0 amide bonds. The average molecular weight is 332 g/mol. The van der Waals surface area contributed by atoms with Gasteiger partial charge in [-0.15, -0.1) is 0 Å². The summed E-state index contributed by atoms with van der Waals surface area (Å²) in [5.41, 5.74) is 3.98. The normalized spacial score (nSPS) is 16.7. The van der Waals surface area contributed by atoms with Gasteiger partial charge in [0.05, 0.1) is 17.3 Å². The van der Waals surface area contributed by atoms with Gasteiger partial charge in [0.2, 0.25) is 0 Å². The van der Waals surface area contributed by atoms with Crippen molar-refractivity contribution in [1.82, 2.24) is 14.7 Å². The lowest BCUT2D eigenvalue weighted by molar-refractivity contribution is -0.109. The van der Waals surface area contributed by atoms with Crippen molar-refractivity contribution in [1.29, 1.82) is 0 Å². The van der Waals surface area contributed by atoms with E-state index < -0.39 is 0 Å². The van der Waals surface area contributed by atoms with Crippen LogP contribution >= 0.6 is 11.6 Å². The Morgan fingerprint density at radius 1 is 1.22 bits per heavy atom. The molecule has 3 rings (SSSR count). The van der Waals surface area contributed by atoms with Crippen molar-refractivity contribution >= 4 is 17.9 Å². The van der Waals surface area contributed by atoms with Gasteiger partial charge in [-0.2, -0.15) is 5.10 Å². The largest absolute Gasteiger partial charge is 0.303 e. The molecule has 1 unspecified atom stereocenters. The number of hydrogen-bond donors (Lipinski definition) is 0. The number of likely N-dealkylation sites (tertiary alicyclic amines) is 1. The quantitative estimate of drug-likeness (QED) is 0.787. The smallest absolute Gasteiger partial charge is 0.128 e. The Hall–Kier alpha value is -1.65. The molecule has 2 aromatic rings. The summed E-state index contributed by atoms with van der Waals surface area (Å²) in [4.78, 5) is 14.1. The maximum absolute atomic E-state index is 11.7. The fraction of sp³-hybridized carbons (Fsp3) is 0.444. The maximum Gasteiger partial charge on any atom is 0.128 e. The first-order chi connectivity index (χ1) is 11.1. The van der Waals surface area contributed by atoms with Gasteiger partial charge in [-0.3, -0.25) is 0 Å². The van der Waals surface area contributed by atoms with Crippen LogP contribution in [-0.2, 0) is 4.79 Å². The molecule has 0 radical (unpaired) electrons. The minimum absolute atomic E-state index is 0.117. The number of aryl methyl sites for hydroxylation is 1. The van der Waals surface area contributed by atoms with E-state index in [4.69, 9.17) is 11.6 Å². The van der Waals surface area contributed by atoms with Crippen molar-refractivity contribution in [2.24, 2.45) is 0 Å². The van der Waals surface area contributed by atoms with Crippen LogP contribution in [0.2, 0.25) is 5.02 Å². The number of benzene rings is 1. The van der Waals surface area contributed by atoms with Crippen LogP contribution in [0.3, 0.4) is 0 Å². The second kappa shape index (κ2) is 6.85. The third-order valence-electron chi connectivity index (χ3n) is 4.61. The molecule has 0 bridgehead atoms. The molecule has 1 aromatic carbocycles. The molecular weight excluding hydrogens is 310 g/mol. The van der Waals surface area contributed by atoms with Crippen LogP contribution in [0.25, 0.3) is 5.69 Å². The zero-order chi connectivity index (χ0) is 16.4. The number of carbonyl (C=O) groups is 1. The van der Waals surface area contributed by atoms with Crippen molar-refractivity contribution in [2.45, 2.75) is 32.6 Å². The lowest BCUT2D eigenvalue weighted by atomic mass is 9.98. The molecule has 23 heavy (non-hydrogen) atoms. The predicted octanol–water partition coefficient (Wildman–Crippen LogP) is 3.52. The Balaban J connectivity index is 1.92. The Kier molecular flexibility index (Phi) is 4.83. The van der Waals surface area contributed by atoms with Crippen LogP contribution in [0.5, 0.6) is 0 Å². The molecule has 2 heterocycles. The van der Waals surface area contributed by atoms with Crippen LogP contribution in [0.1, 0.15) is 35.7 Å². The monoisotopic (exact) mass is 331 g/mol. The molecule has 0 saturated carbocycles. The standard InChI is InChI=1S/C18H22ClN3O/c1-13-18(15(12-23)11-21-9-3-4-10-21)14(2)22(20-13)17-7-5-16(19)6-8-17/h5-8,12,15H,3-4,9-11H2,1-2H3. The van der Waals surface area contributed by atoms with Gasteiger partial charge >= 0.3 is 0 Å². The predicted molar refractivity (Wildman–Crippen MR) is 92.5 cm³/mol. The first-order valence-corrected chi connectivity index (χ1v) is 8.47. The number of hydrogen-bond acceptors (Lipinski definition) is 3. The van der Waals surface area contributed by atoms with Gasteiger partial charge in [0.25, 0.3) is 0 Å². The summed E-state index contributed by atoms with van der Waals surface area (Å²) in [6.45, 7) is 6.98. The maximum atomic E-state index is 11.7. The minimum atomic E-state index is -0.117. The summed E-state index contributed by atoms with van der Waals surface area (Å²) in [7, 11) is 0. The van der Waals surface area contributed by atoms with E-state index in [0.29, 0.717) is 5.02 Å². The number of aromatic nitrogens is 2. The second-order valence-electron chi connectivity index (χ2n) is 6.22. The summed E-state index contributed by atoms with van der Waals surface area (Å²) in [6.07, 6.45) is 3.53.